The number of phosphoric ester groups is 2. The standard InChI is InChI=1S/C30H39FN10O18P2/c1-12(2)54-29(44)48-10-52-60(46)50-5-14-19(42)21(27(56-14)41-9-37-18-24(41)38-28(33)39-25(18)43)59-61(47,53-11-49-30(45)55-13(3)4)51-6-15-20(58-60)16(31)26(57-15)40-8-36-17-22(32)34-7-35-23(17)40/h7-9,12-16,19-21,26-27,42H,5-6,10-11H2,1-4H3,(H2,32,34,35)(H3,33,38,39,43). The molecule has 6 N–H and O–H groups in total. The number of nitrogens with zero attached hydrogens (tertiary/aromatic N) is 7. The number of nitrogen functional groups attached to an aromatic ring is 2. The average molecular weight is 909 g/mol. The number of hydrogen-bond acceptors (Lipinski definition) is 25. The number of fused-ring (bicyclic) bond motifs is 5. The van der Waals surface area contributed by atoms with Crippen molar-refractivity contribution < 1.29 is 83.8 Å². The summed E-state index contributed by atoms with van der Waals surface area (Å²) in [5, 5.41) is 11.6. The Morgan fingerprint density at radius 2 is 1.41 bits per heavy atom. The zero-order valence-electron chi connectivity index (χ0n) is 32.3. The summed E-state index contributed by atoms with van der Waals surface area (Å²) in [4.78, 5) is 59.4. The molecule has 3 aliphatic heterocycles. The Morgan fingerprint density at radius 3 is 2.03 bits per heavy atom. The van der Waals surface area contributed by atoms with Crippen molar-refractivity contribution in [2.75, 3.05) is 38.3 Å². The van der Waals surface area contributed by atoms with Crippen LogP contribution in [0.25, 0.3) is 22.3 Å². The minimum Gasteiger partial charge on any atom is -0.432 e. The highest BCUT2D eigenvalue weighted by Crippen LogP contribution is 2.58. The SMILES string of the molecule is CC(C)OC(=O)OCOP1(=O)OCC2OC(n3cnc4c(=O)[nH]c(N)nc43)C(OP(=O)(OCOC(=O)OC(C)C)OCC3OC(n4cnc5c(N)ncnc54)C(F)C3O1)C2O. The van der Waals surface area contributed by atoms with E-state index >= 15 is 4.39 Å². The van der Waals surface area contributed by atoms with Gasteiger partial charge in [-0.1, -0.05) is 0 Å². The van der Waals surface area contributed by atoms with E-state index in [4.69, 9.17) is 67.0 Å². The zero-order valence-corrected chi connectivity index (χ0v) is 34.1. The van der Waals surface area contributed by atoms with Gasteiger partial charge in [-0.3, -0.25) is 37.0 Å². The van der Waals surface area contributed by atoms with Crippen LogP contribution in [0.1, 0.15) is 40.2 Å². The van der Waals surface area contributed by atoms with Gasteiger partial charge in [-0.15, -0.1) is 0 Å². The summed E-state index contributed by atoms with van der Waals surface area (Å²) in [6.45, 7) is 1.94. The first-order valence-electron chi connectivity index (χ1n) is 18.0. The Balaban J connectivity index is 1.26. The van der Waals surface area contributed by atoms with Crippen LogP contribution in [0.15, 0.2) is 23.8 Å². The van der Waals surface area contributed by atoms with Gasteiger partial charge < -0.3 is 45.0 Å². The van der Waals surface area contributed by atoms with Gasteiger partial charge in [0.1, 0.15) is 42.4 Å². The zero-order chi connectivity index (χ0) is 43.8. The quantitative estimate of drug-likeness (QED) is 0.0999. The van der Waals surface area contributed by atoms with Crippen LogP contribution in [0.3, 0.4) is 0 Å². The van der Waals surface area contributed by atoms with Crippen molar-refractivity contribution in [1.82, 2.24) is 39.0 Å². The smallest absolute Gasteiger partial charge is 0.432 e. The van der Waals surface area contributed by atoms with Gasteiger partial charge in [0, 0.05) is 0 Å². The molecule has 10 atom stereocenters. The van der Waals surface area contributed by atoms with Crippen molar-refractivity contribution in [2.24, 2.45) is 0 Å². The molecule has 10 unspecified atom stereocenters. The van der Waals surface area contributed by atoms with E-state index in [0.29, 0.717) is 0 Å². The van der Waals surface area contributed by atoms with Gasteiger partial charge in [-0.2, -0.15) is 4.98 Å². The van der Waals surface area contributed by atoms with Gasteiger partial charge in [0.25, 0.3) is 5.56 Å². The van der Waals surface area contributed by atoms with Crippen LogP contribution in [0, 0.1) is 0 Å². The molecule has 28 nitrogen and oxygen atoms in total. The van der Waals surface area contributed by atoms with E-state index in [2.05, 4.69) is 29.9 Å². The number of ether oxygens (including phenoxy) is 6. The largest absolute Gasteiger partial charge is 0.510 e. The molecule has 0 spiro atoms. The molecule has 3 aliphatic rings. The van der Waals surface area contributed by atoms with Gasteiger partial charge in [-0.05, 0) is 27.7 Å². The summed E-state index contributed by atoms with van der Waals surface area (Å²) in [7, 11) is -10.4. The van der Waals surface area contributed by atoms with Gasteiger partial charge in [0.2, 0.25) is 19.5 Å². The lowest BCUT2D eigenvalue weighted by Gasteiger charge is -2.28. The first-order chi connectivity index (χ1) is 28.9. The first kappa shape index (κ1) is 44.1. The molecule has 4 aromatic rings. The number of aliphatic hydroxyl groups is 1. The summed E-state index contributed by atoms with van der Waals surface area (Å²) in [6, 6.07) is 0. The number of H-pyrrole nitrogens is 1. The van der Waals surface area contributed by atoms with E-state index in [-0.39, 0.29) is 34.1 Å². The van der Waals surface area contributed by atoms with Gasteiger partial charge in [0.15, 0.2) is 41.3 Å². The van der Waals surface area contributed by atoms with Crippen LogP contribution < -0.4 is 17.0 Å². The Kier molecular flexibility index (Phi) is 12.9. The number of hydrogen-bond donors (Lipinski definition) is 4. The van der Waals surface area contributed by atoms with E-state index in [0.717, 1.165) is 28.1 Å². The number of carbonyl (C=O) groups excluding carboxylic acids is 2. The fourth-order valence-electron chi connectivity index (χ4n) is 6.11. The molecule has 0 radical (unpaired) electrons. The molecule has 61 heavy (non-hydrogen) atoms. The second-order valence-electron chi connectivity index (χ2n) is 13.7. The summed E-state index contributed by atoms with van der Waals surface area (Å²) >= 11 is 0. The molecule has 2 bridgehead atoms. The minimum atomic E-state index is -5.19. The molecular weight excluding hydrogens is 869 g/mol. The molecule has 31 heteroatoms. The molecular formula is C30H39FN10O18P2. The van der Waals surface area contributed by atoms with E-state index in [1.165, 1.54) is 27.7 Å². The minimum absolute atomic E-state index is 0.00408. The average Bonchev–Trinajstić information content (AvgIpc) is 3.94. The lowest BCUT2D eigenvalue weighted by molar-refractivity contribution is -0.0815. The van der Waals surface area contributed by atoms with Crippen molar-refractivity contribution >= 4 is 62.1 Å². The van der Waals surface area contributed by atoms with E-state index in [1.54, 1.807) is 0 Å². The lowest BCUT2D eigenvalue weighted by Crippen LogP contribution is -2.36. The number of nitrogens with two attached hydrogens (primary N) is 2. The van der Waals surface area contributed by atoms with Gasteiger partial charge >= 0.3 is 28.0 Å². The summed E-state index contributed by atoms with van der Waals surface area (Å²) < 4.78 is 113. The number of aromatic nitrogens is 8. The number of alkyl halides is 1. The van der Waals surface area contributed by atoms with Crippen LogP contribution in [0.2, 0.25) is 0 Å². The number of anilines is 2. The molecule has 4 aromatic heterocycles. The number of halogens is 1. The van der Waals surface area contributed by atoms with Crippen LogP contribution in [-0.4, -0.2) is 132 Å². The highest BCUT2D eigenvalue weighted by atomic mass is 31.2. The molecule has 334 valence electrons. The molecule has 0 aromatic carbocycles. The number of carbonyl (C=O) groups is 2. The molecule has 0 saturated carbocycles. The normalized spacial score (nSPS) is 30.8. The van der Waals surface area contributed by atoms with E-state index in [9.17, 15) is 28.6 Å². The van der Waals surface area contributed by atoms with Crippen molar-refractivity contribution in [3.8, 4) is 0 Å². The maximum atomic E-state index is 16.8. The second-order valence-corrected chi connectivity index (χ2v) is 16.9. The van der Waals surface area contributed by atoms with E-state index in [1.807, 2.05) is 0 Å². The Labute approximate surface area is 341 Å². The topological polar surface area (TPSA) is 358 Å². The van der Waals surface area contributed by atoms with Crippen molar-refractivity contribution in [3.05, 3.63) is 29.3 Å². The molecule has 0 amide bonds. The van der Waals surface area contributed by atoms with Crippen LogP contribution >= 0.6 is 15.6 Å². The lowest BCUT2D eigenvalue weighted by atomic mass is 10.1. The molecule has 7 heterocycles. The Bertz CT molecular complexity index is 2400. The predicted octanol–water partition coefficient (Wildman–Crippen LogP) is 1.72. The molecule has 3 saturated heterocycles. The van der Waals surface area contributed by atoms with Crippen molar-refractivity contribution in [3.63, 3.8) is 0 Å². The molecule has 7 rings (SSSR count). The van der Waals surface area contributed by atoms with Crippen molar-refractivity contribution in [2.45, 2.75) is 89.1 Å². The fraction of sp³-hybridized carbons (Fsp3) is 0.600. The number of phosphoric acid groups is 2. The summed E-state index contributed by atoms with van der Waals surface area (Å²) in [6.07, 6.45) is -15.2. The third-order valence-corrected chi connectivity index (χ3v) is 11.5. The fourth-order valence-corrected chi connectivity index (χ4v) is 8.60. The Hall–Kier alpha value is -4.93. The number of aromatic amines is 1. The van der Waals surface area contributed by atoms with Gasteiger partial charge in [0.05, 0.1) is 38.1 Å². The van der Waals surface area contributed by atoms with Crippen LogP contribution in [0.5, 0.6) is 0 Å². The number of aliphatic hydroxyl groups excluding tert-OH is 1. The third-order valence-electron chi connectivity index (χ3n) is 8.70. The second kappa shape index (κ2) is 17.8. The summed E-state index contributed by atoms with van der Waals surface area (Å²) in [5.41, 5.74) is 10.6. The first-order valence-corrected chi connectivity index (χ1v) is 21.0. The third kappa shape index (κ3) is 9.61. The van der Waals surface area contributed by atoms with Crippen LogP contribution in [0.4, 0.5) is 25.7 Å². The van der Waals surface area contributed by atoms with Crippen molar-refractivity contribution in [1.29, 1.82) is 0 Å². The monoisotopic (exact) mass is 908 g/mol. The number of imidazole rings is 2. The predicted molar refractivity (Wildman–Crippen MR) is 195 cm³/mol. The maximum Gasteiger partial charge on any atom is 0.510 e. The summed E-state index contributed by atoms with van der Waals surface area (Å²) in [5.74, 6) is -0.395. The van der Waals surface area contributed by atoms with E-state index < -0.39 is 122 Å². The van der Waals surface area contributed by atoms with Crippen LogP contribution in [-0.2, 0) is 64.7 Å². The number of nitrogens with one attached hydrogen (secondary N) is 1. The highest BCUT2D eigenvalue weighted by Gasteiger charge is 2.55. The Morgan fingerprint density at radius 1 is 0.852 bits per heavy atom. The highest BCUT2D eigenvalue weighted by molar-refractivity contribution is 7.48. The molecule has 0 aliphatic carbocycles. The molecule has 3 fully saturated rings. The van der Waals surface area contributed by atoms with Gasteiger partial charge in [-0.25, -0.2) is 52.1 Å². The maximum absolute atomic E-state index is 16.8. The number of rotatable bonds is 10.